The van der Waals surface area contributed by atoms with E-state index >= 15 is 0 Å². The molecule has 0 spiro atoms. The van der Waals surface area contributed by atoms with Gasteiger partial charge in [-0.1, -0.05) is 35.3 Å². The van der Waals surface area contributed by atoms with E-state index in [4.69, 9.17) is 28.2 Å². The first-order valence-corrected chi connectivity index (χ1v) is 11.2. The molecule has 1 saturated heterocycles. The molecule has 1 aromatic heterocycles. The standard InChI is InChI=1S/C22H30Cl2N6.HI/c1-3-25-22(26-10-9-17-7-8-21(24)27-15-17)28-16-18-19(23)5-4-6-20(18)30-13-11-29(2)12-14-30;/h4-8,15H,3,9-14,16H2,1-2H3,(H2,25,26,28);1H. The Morgan fingerprint density at radius 1 is 1.10 bits per heavy atom. The van der Waals surface area contributed by atoms with Crippen molar-refractivity contribution < 1.29 is 0 Å². The van der Waals surface area contributed by atoms with Crippen molar-refractivity contribution in [3.8, 4) is 0 Å². The van der Waals surface area contributed by atoms with E-state index in [2.05, 4.69) is 45.5 Å². The number of guanidine groups is 1. The Morgan fingerprint density at radius 2 is 1.87 bits per heavy atom. The second-order valence-corrected chi connectivity index (χ2v) is 8.18. The lowest BCUT2D eigenvalue weighted by Crippen LogP contribution is -2.44. The van der Waals surface area contributed by atoms with Crippen LogP contribution < -0.4 is 15.5 Å². The molecule has 1 aliphatic heterocycles. The summed E-state index contributed by atoms with van der Waals surface area (Å²) >= 11 is 12.4. The Kier molecular flexibility index (Phi) is 11.1. The Hall–Kier alpha value is -1.29. The van der Waals surface area contributed by atoms with Crippen LogP contribution in [0.1, 0.15) is 18.1 Å². The Labute approximate surface area is 212 Å². The quantitative estimate of drug-likeness (QED) is 0.225. The maximum absolute atomic E-state index is 6.57. The molecular formula is C22H31Cl2IN6. The third kappa shape index (κ3) is 7.97. The van der Waals surface area contributed by atoms with Crippen molar-refractivity contribution in [2.75, 3.05) is 51.2 Å². The second-order valence-electron chi connectivity index (χ2n) is 7.39. The maximum Gasteiger partial charge on any atom is 0.191 e. The van der Waals surface area contributed by atoms with Crippen LogP contribution in [0.2, 0.25) is 10.2 Å². The fourth-order valence-corrected chi connectivity index (χ4v) is 3.77. The predicted octanol–water partition coefficient (Wildman–Crippen LogP) is 4.06. The molecule has 170 valence electrons. The maximum atomic E-state index is 6.57. The first-order valence-electron chi connectivity index (χ1n) is 10.4. The van der Waals surface area contributed by atoms with Gasteiger partial charge in [0, 0.05) is 61.7 Å². The van der Waals surface area contributed by atoms with Gasteiger partial charge in [0.05, 0.1) is 6.54 Å². The Morgan fingerprint density at radius 3 is 2.55 bits per heavy atom. The number of nitrogens with zero attached hydrogens (tertiary/aromatic N) is 4. The molecule has 1 aromatic carbocycles. The van der Waals surface area contributed by atoms with Crippen LogP contribution in [0.15, 0.2) is 41.5 Å². The van der Waals surface area contributed by atoms with Gasteiger partial charge in [0.1, 0.15) is 5.15 Å². The summed E-state index contributed by atoms with van der Waals surface area (Å²) in [7, 11) is 2.16. The molecule has 2 N–H and O–H groups in total. The molecule has 0 atom stereocenters. The summed E-state index contributed by atoms with van der Waals surface area (Å²) in [4.78, 5) is 13.7. The van der Waals surface area contributed by atoms with E-state index in [1.165, 1.54) is 5.69 Å². The minimum Gasteiger partial charge on any atom is -0.369 e. The number of benzene rings is 1. The van der Waals surface area contributed by atoms with Gasteiger partial charge in [-0.3, -0.25) is 0 Å². The van der Waals surface area contributed by atoms with Gasteiger partial charge in [-0.2, -0.15) is 0 Å². The number of halogens is 3. The summed E-state index contributed by atoms with van der Waals surface area (Å²) < 4.78 is 0. The van der Waals surface area contributed by atoms with E-state index in [-0.39, 0.29) is 24.0 Å². The Balaban J connectivity index is 0.00000341. The molecule has 0 aliphatic carbocycles. The van der Waals surface area contributed by atoms with Crippen LogP contribution in [0.25, 0.3) is 0 Å². The fraction of sp³-hybridized carbons (Fsp3) is 0.455. The normalized spacial score (nSPS) is 14.8. The van der Waals surface area contributed by atoms with Crippen LogP contribution in [0.5, 0.6) is 0 Å². The molecule has 6 nitrogen and oxygen atoms in total. The van der Waals surface area contributed by atoms with E-state index in [9.17, 15) is 0 Å². The molecule has 0 unspecified atom stereocenters. The molecule has 0 saturated carbocycles. The molecule has 2 heterocycles. The molecule has 1 fully saturated rings. The largest absolute Gasteiger partial charge is 0.369 e. The minimum absolute atomic E-state index is 0. The Bertz CT molecular complexity index is 838. The van der Waals surface area contributed by atoms with Crippen LogP contribution in [0.4, 0.5) is 5.69 Å². The molecule has 0 amide bonds. The number of aliphatic imine (C=N–C) groups is 1. The van der Waals surface area contributed by atoms with E-state index in [0.717, 1.165) is 67.8 Å². The van der Waals surface area contributed by atoms with Crippen molar-refractivity contribution in [2.45, 2.75) is 19.9 Å². The number of nitrogens with one attached hydrogen (secondary N) is 2. The van der Waals surface area contributed by atoms with Crippen molar-refractivity contribution in [3.63, 3.8) is 0 Å². The summed E-state index contributed by atoms with van der Waals surface area (Å²) in [5.74, 6) is 0.781. The molecule has 0 radical (unpaired) electrons. The average Bonchev–Trinajstić information content (AvgIpc) is 2.74. The second kappa shape index (κ2) is 13.3. The van der Waals surface area contributed by atoms with E-state index in [1.54, 1.807) is 6.20 Å². The average molecular weight is 577 g/mol. The summed E-state index contributed by atoms with van der Waals surface area (Å²) in [5.41, 5.74) is 3.39. The van der Waals surface area contributed by atoms with E-state index in [1.807, 2.05) is 24.3 Å². The smallest absolute Gasteiger partial charge is 0.191 e. The van der Waals surface area contributed by atoms with Crippen LogP contribution >= 0.6 is 47.2 Å². The van der Waals surface area contributed by atoms with E-state index < -0.39 is 0 Å². The zero-order valence-electron chi connectivity index (χ0n) is 18.1. The monoisotopic (exact) mass is 576 g/mol. The molecular weight excluding hydrogens is 546 g/mol. The molecule has 0 bridgehead atoms. The number of anilines is 1. The fourth-order valence-electron chi connectivity index (χ4n) is 3.43. The van der Waals surface area contributed by atoms with Gasteiger partial charge in [0.25, 0.3) is 0 Å². The molecule has 9 heteroatoms. The van der Waals surface area contributed by atoms with Gasteiger partial charge in [-0.15, -0.1) is 24.0 Å². The van der Waals surface area contributed by atoms with Crippen LogP contribution in [-0.2, 0) is 13.0 Å². The number of hydrogen-bond acceptors (Lipinski definition) is 4. The lowest BCUT2D eigenvalue weighted by molar-refractivity contribution is 0.312. The summed E-state index contributed by atoms with van der Waals surface area (Å²) in [5, 5.41) is 7.98. The minimum atomic E-state index is 0. The highest BCUT2D eigenvalue weighted by Gasteiger charge is 2.18. The molecule has 31 heavy (non-hydrogen) atoms. The summed E-state index contributed by atoms with van der Waals surface area (Å²) in [6, 6.07) is 9.92. The van der Waals surface area contributed by atoms with Crippen molar-refractivity contribution >= 4 is 58.8 Å². The highest BCUT2D eigenvalue weighted by atomic mass is 127. The molecule has 1 aliphatic rings. The van der Waals surface area contributed by atoms with Crippen molar-refractivity contribution in [1.29, 1.82) is 0 Å². The summed E-state index contributed by atoms with van der Waals surface area (Å²) in [6.07, 6.45) is 2.65. The zero-order valence-corrected chi connectivity index (χ0v) is 21.9. The van der Waals surface area contributed by atoms with Gasteiger partial charge in [-0.25, -0.2) is 9.98 Å². The number of piperazine rings is 1. The molecule has 3 rings (SSSR count). The topological polar surface area (TPSA) is 55.8 Å². The SMILES string of the molecule is CCNC(=NCc1c(Cl)cccc1N1CCN(C)CC1)NCCc1ccc(Cl)nc1.I. The first kappa shape index (κ1) is 26.0. The molecule has 2 aromatic rings. The lowest BCUT2D eigenvalue weighted by Gasteiger charge is -2.35. The number of pyridine rings is 1. The van der Waals surface area contributed by atoms with Gasteiger partial charge < -0.3 is 20.4 Å². The van der Waals surface area contributed by atoms with Gasteiger partial charge in [0.2, 0.25) is 0 Å². The van der Waals surface area contributed by atoms with Crippen molar-refractivity contribution in [3.05, 3.63) is 57.8 Å². The zero-order chi connectivity index (χ0) is 21.3. The van der Waals surface area contributed by atoms with Crippen LogP contribution in [0, 0.1) is 0 Å². The highest BCUT2D eigenvalue weighted by Crippen LogP contribution is 2.29. The first-order chi connectivity index (χ1) is 14.6. The summed E-state index contributed by atoms with van der Waals surface area (Å²) in [6.45, 7) is 8.25. The number of likely N-dealkylation sites (N-methyl/N-ethyl adjacent to an activating group) is 1. The van der Waals surface area contributed by atoms with E-state index in [0.29, 0.717) is 11.7 Å². The van der Waals surface area contributed by atoms with Gasteiger partial charge in [0.15, 0.2) is 5.96 Å². The number of rotatable bonds is 7. The highest BCUT2D eigenvalue weighted by molar-refractivity contribution is 14.0. The number of aromatic nitrogens is 1. The van der Waals surface area contributed by atoms with Crippen molar-refractivity contribution in [1.82, 2.24) is 20.5 Å². The number of hydrogen-bond donors (Lipinski definition) is 2. The van der Waals surface area contributed by atoms with Crippen LogP contribution in [-0.4, -0.2) is 62.2 Å². The third-order valence-corrected chi connectivity index (χ3v) is 5.75. The lowest BCUT2D eigenvalue weighted by atomic mass is 10.1. The van der Waals surface area contributed by atoms with Gasteiger partial charge in [-0.05, 0) is 44.2 Å². The third-order valence-electron chi connectivity index (χ3n) is 5.17. The van der Waals surface area contributed by atoms with Crippen molar-refractivity contribution in [2.24, 2.45) is 4.99 Å². The van der Waals surface area contributed by atoms with Gasteiger partial charge >= 0.3 is 0 Å². The predicted molar refractivity (Wildman–Crippen MR) is 142 cm³/mol. The van der Waals surface area contributed by atoms with Crippen LogP contribution in [0.3, 0.4) is 0 Å².